The average Bonchev–Trinajstić information content (AvgIpc) is 3.03. The minimum absolute atomic E-state index is 0.0117. The third-order valence-corrected chi connectivity index (χ3v) is 17.8. The standard InChI is InChI=1S/C33H55N3O7Si2/c1-31(2,3)43-30(40)35-27-22-25(20-23-14-15-24(29(38)39)21-26(23)34-27)28(37)36(16-18-41-44(10,11)32(4,5)6)17-19-42-45(12,13)33(7,8)9/h14-15,20-21H,16-19,22H2,1-13H3,(H,38,39)(H,34,35,40). The molecule has 45 heavy (non-hydrogen) atoms. The summed E-state index contributed by atoms with van der Waals surface area (Å²) in [5.41, 5.74) is 0.594. The highest BCUT2D eigenvalue weighted by Crippen LogP contribution is 2.37. The Balaban J connectivity index is 2.46. The van der Waals surface area contributed by atoms with Crippen molar-refractivity contribution in [2.24, 2.45) is 4.99 Å². The van der Waals surface area contributed by atoms with Gasteiger partial charge in [-0.15, -0.1) is 0 Å². The van der Waals surface area contributed by atoms with Gasteiger partial charge in [-0.25, -0.2) is 14.6 Å². The Bertz CT molecular complexity index is 1280. The van der Waals surface area contributed by atoms with Gasteiger partial charge < -0.3 is 23.6 Å². The molecule has 1 aromatic carbocycles. The van der Waals surface area contributed by atoms with E-state index in [0.29, 0.717) is 43.1 Å². The zero-order chi connectivity index (χ0) is 34.6. The average molecular weight is 662 g/mol. The summed E-state index contributed by atoms with van der Waals surface area (Å²) in [5.74, 6) is -1.16. The lowest BCUT2D eigenvalue weighted by atomic mass is 10.0. The van der Waals surface area contributed by atoms with Gasteiger partial charge in [0, 0.05) is 30.6 Å². The van der Waals surface area contributed by atoms with Crippen LogP contribution >= 0.6 is 0 Å². The van der Waals surface area contributed by atoms with Crippen molar-refractivity contribution in [2.75, 3.05) is 26.3 Å². The van der Waals surface area contributed by atoms with Crippen molar-refractivity contribution in [1.82, 2.24) is 10.2 Å². The summed E-state index contributed by atoms with van der Waals surface area (Å²) in [6.45, 7) is 28.5. The molecular weight excluding hydrogens is 607 g/mol. The number of alkyl carbamates (subject to hydrolysis) is 1. The molecule has 12 heteroatoms. The number of nitrogens with zero attached hydrogens (tertiary/aromatic N) is 2. The zero-order valence-electron chi connectivity index (χ0n) is 29.6. The number of rotatable bonds is 10. The van der Waals surface area contributed by atoms with Crippen molar-refractivity contribution in [3.05, 3.63) is 34.9 Å². The van der Waals surface area contributed by atoms with Crippen molar-refractivity contribution in [2.45, 2.75) is 111 Å². The zero-order valence-corrected chi connectivity index (χ0v) is 31.6. The highest BCUT2D eigenvalue weighted by Gasteiger charge is 2.38. The third kappa shape index (κ3) is 11.2. The molecule has 1 aliphatic rings. The van der Waals surface area contributed by atoms with E-state index in [1.54, 1.807) is 37.8 Å². The monoisotopic (exact) mass is 661 g/mol. The molecule has 0 atom stereocenters. The van der Waals surface area contributed by atoms with Gasteiger partial charge in [-0.05, 0) is 75.2 Å². The van der Waals surface area contributed by atoms with Crippen LogP contribution in [0.15, 0.2) is 28.8 Å². The molecule has 0 fully saturated rings. The van der Waals surface area contributed by atoms with Gasteiger partial charge >= 0.3 is 12.1 Å². The number of hydrogen-bond donors (Lipinski definition) is 2. The molecule has 2 rings (SSSR count). The fourth-order valence-corrected chi connectivity index (χ4v) is 5.97. The van der Waals surface area contributed by atoms with Crippen LogP contribution in [-0.4, -0.2) is 82.4 Å². The molecule has 0 unspecified atom stereocenters. The molecule has 0 radical (unpaired) electrons. The Labute approximate surface area is 271 Å². The number of amides is 2. The first-order valence-corrected chi connectivity index (χ1v) is 21.4. The van der Waals surface area contributed by atoms with E-state index in [4.69, 9.17) is 13.6 Å². The van der Waals surface area contributed by atoms with Gasteiger partial charge in [0.2, 0.25) is 5.91 Å². The highest BCUT2D eigenvalue weighted by molar-refractivity contribution is 6.74. The molecule has 10 nitrogen and oxygen atoms in total. The number of hydrogen-bond acceptors (Lipinski definition) is 7. The second kappa shape index (κ2) is 14.3. The van der Waals surface area contributed by atoms with Gasteiger partial charge in [0.15, 0.2) is 16.6 Å². The first kappa shape index (κ1) is 38.4. The topological polar surface area (TPSA) is 127 Å². The number of nitrogens with one attached hydrogen (secondary N) is 1. The number of ether oxygens (including phenoxy) is 1. The molecule has 0 saturated carbocycles. The smallest absolute Gasteiger partial charge is 0.413 e. The van der Waals surface area contributed by atoms with Gasteiger partial charge in [-0.1, -0.05) is 47.6 Å². The highest BCUT2D eigenvalue weighted by atomic mass is 28.4. The molecule has 1 aromatic rings. The summed E-state index contributed by atoms with van der Waals surface area (Å²) in [6, 6.07) is 4.52. The van der Waals surface area contributed by atoms with Crippen LogP contribution in [-0.2, 0) is 18.4 Å². The molecule has 2 N–H and O–H groups in total. The number of carboxylic acids is 1. The van der Waals surface area contributed by atoms with Crippen LogP contribution in [0.3, 0.4) is 0 Å². The number of carbonyl (C=O) groups is 3. The largest absolute Gasteiger partial charge is 0.478 e. The predicted octanol–water partition coefficient (Wildman–Crippen LogP) is 7.60. The summed E-state index contributed by atoms with van der Waals surface area (Å²) in [5, 5.41) is 12.3. The van der Waals surface area contributed by atoms with E-state index in [1.165, 1.54) is 12.1 Å². The number of carbonyl (C=O) groups excluding carboxylic acids is 2. The Kier molecular flexibility index (Phi) is 12.2. The molecule has 0 bridgehead atoms. The number of carboxylic acid groups (broad SMARTS) is 1. The molecule has 252 valence electrons. The van der Waals surface area contributed by atoms with Crippen molar-refractivity contribution in [3.63, 3.8) is 0 Å². The molecule has 0 saturated heterocycles. The molecule has 2 amide bonds. The summed E-state index contributed by atoms with van der Waals surface area (Å²) >= 11 is 0. The molecule has 0 aromatic heterocycles. The van der Waals surface area contributed by atoms with Crippen LogP contribution in [0.25, 0.3) is 6.08 Å². The van der Waals surface area contributed by atoms with Crippen molar-refractivity contribution < 1.29 is 33.1 Å². The summed E-state index contributed by atoms with van der Waals surface area (Å²) in [4.78, 5) is 45.0. The number of amidine groups is 1. The van der Waals surface area contributed by atoms with Crippen LogP contribution in [0.1, 0.15) is 84.7 Å². The Morgan fingerprint density at radius 1 is 0.889 bits per heavy atom. The second-order valence-corrected chi connectivity index (χ2v) is 25.2. The Morgan fingerprint density at radius 2 is 1.40 bits per heavy atom. The molecule has 1 aliphatic heterocycles. The summed E-state index contributed by atoms with van der Waals surface area (Å²) < 4.78 is 18.3. The first-order chi connectivity index (χ1) is 20.3. The maximum atomic E-state index is 14.3. The first-order valence-electron chi connectivity index (χ1n) is 15.6. The van der Waals surface area contributed by atoms with E-state index in [0.717, 1.165) is 0 Å². The fraction of sp³-hybridized carbons (Fsp3) is 0.636. The van der Waals surface area contributed by atoms with Crippen LogP contribution in [0.5, 0.6) is 0 Å². The molecule has 0 spiro atoms. The summed E-state index contributed by atoms with van der Waals surface area (Å²) in [7, 11) is -4.11. The SMILES string of the molecule is CC(C)(C)OC(=O)NC1=Nc2cc(C(=O)O)ccc2C=C(C(=O)N(CCO[Si](C)(C)C(C)(C)C)CCO[Si](C)(C)C(C)(C)C)C1. The van der Waals surface area contributed by atoms with Crippen molar-refractivity contribution >= 4 is 52.2 Å². The molecule has 0 aliphatic carbocycles. The van der Waals surface area contributed by atoms with Gasteiger partial charge in [-0.2, -0.15) is 0 Å². The van der Waals surface area contributed by atoms with Gasteiger partial charge in [-0.3, -0.25) is 10.1 Å². The fourth-order valence-electron chi connectivity index (χ4n) is 3.90. The number of fused-ring (bicyclic) bond motifs is 1. The molecule has 1 heterocycles. The van der Waals surface area contributed by atoms with E-state index < -0.39 is 34.3 Å². The normalized spacial score (nSPS) is 14.5. The van der Waals surface area contributed by atoms with Crippen LogP contribution in [0.4, 0.5) is 10.5 Å². The quantitative estimate of drug-likeness (QED) is 0.247. The minimum Gasteiger partial charge on any atom is -0.478 e. The van der Waals surface area contributed by atoms with E-state index in [-0.39, 0.29) is 33.8 Å². The van der Waals surface area contributed by atoms with Gasteiger partial charge in [0.25, 0.3) is 0 Å². The van der Waals surface area contributed by atoms with E-state index in [9.17, 15) is 19.5 Å². The third-order valence-electron chi connectivity index (χ3n) is 8.69. The Morgan fingerprint density at radius 3 is 1.84 bits per heavy atom. The minimum atomic E-state index is -2.06. The van der Waals surface area contributed by atoms with Gasteiger partial charge in [0.05, 0.1) is 24.5 Å². The maximum absolute atomic E-state index is 14.3. The van der Waals surface area contributed by atoms with Crippen molar-refractivity contribution in [3.8, 4) is 0 Å². The predicted molar refractivity (Wildman–Crippen MR) is 185 cm³/mol. The lowest BCUT2D eigenvalue weighted by Gasteiger charge is -2.38. The van der Waals surface area contributed by atoms with Crippen molar-refractivity contribution in [1.29, 1.82) is 0 Å². The number of benzene rings is 1. The number of aromatic carboxylic acids is 1. The van der Waals surface area contributed by atoms with Crippen LogP contribution in [0, 0.1) is 0 Å². The lowest BCUT2D eigenvalue weighted by molar-refractivity contribution is -0.128. The lowest BCUT2D eigenvalue weighted by Crippen LogP contribution is -2.46. The number of aliphatic imine (C=N–C) groups is 1. The van der Waals surface area contributed by atoms with Gasteiger partial charge in [0.1, 0.15) is 11.4 Å². The Hall–Kier alpha value is -2.81. The molecular formula is C33H55N3O7Si2. The maximum Gasteiger partial charge on any atom is 0.413 e. The van der Waals surface area contributed by atoms with Crippen LogP contribution in [0.2, 0.25) is 36.3 Å². The van der Waals surface area contributed by atoms with E-state index >= 15 is 0 Å². The van der Waals surface area contributed by atoms with E-state index in [2.05, 4.69) is 78.0 Å². The summed E-state index contributed by atoms with van der Waals surface area (Å²) in [6.07, 6.45) is 1.01. The van der Waals surface area contributed by atoms with E-state index in [1.807, 2.05) is 0 Å². The van der Waals surface area contributed by atoms with Crippen LogP contribution < -0.4 is 5.32 Å². The second-order valence-electron chi connectivity index (χ2n) is 15.6.